The van der Waals surface area contributed by atoms with Gasteiger partial charge in [0.1, 0.15) is 12.4 Å². The lowest BCUT2D eigenvalue weighted by Gasteiger charge is -2.25. The van der Waals surface area contributed by atoms with Gasteiger partial charge in [0.2, 0.25) is 0 Å². The van der Waals surface area contributed by atoms with Gasteiger partial charge in [-0.3, -0.25) is 9.69 Å². The first kappa shape index (κ1) is 24.0. The predicted molar refractivity (Wildman–Crippen MR) is 131 cm³/mol. The number of benzene rings is 2. The van der Waals surface area contributed by atoms with Crippen molar-refractivity contribution in [3.63, 3.8) is 0 Å². The highest BCUT2D eigenvalue weighted by Gasteiger charge is 2.23. The molecule has 3 rings (SSSR count). The van der Waals surface area contributed by atoms with Crippen LogP contribution in [0.5, 0.6) is 5.75 Å². The van der Waals surface area contributed by atoms with E-state index in [4.69, 9.17) is 4.74 Å². The molecule has 0 fully saturated rings. The average molecular weight is 452 g/mol. The minimum atomic E-state index is -0.710. The number of nitrogens with zero attached hydrogens (tertiary/aromatic N) is 1. The number of rotatable bonds is 12. The van der Waals surface area contributed by atoms with Gasteiger partial charge in [0.05, 0.1) is 5.92 Å². The Kier molecular flexibility index (Phi) is 8.89. The first-order valence-electron chi connectivity index (χ1n) is 11.2. The molecular weight excluding hydrogens is 418 g/mol. The molecule has 0 aliphatic heterocycles. The van der Waals surface area contributed by atoms with E-state index >= 15 is 0 Å². The second-order valence-corrected chi connectivity index (χ2v) is 9.69. The number of ether oxygens (including phenoxy) is 1. The third kappa shape index (κ3) is 7.21. The summed E-state index contributed by atoms with van der Waals surface area (Å²) >= 11 is 1.73. The molecule has 1 unspecified atom stereocenters. The van der Waals surface area contributed by atoms with Gasteiger partial charge in [-0.15, -0.1) is 11.3 Å². The van der Waals surface area contributed by atoms with Crippen molar-refractivity contribution in [3.05, 3.63) is 87.6 Å². The fraction of sp³-hybridized carbons (Fsp3) is 0.370. The summed E-state index contributed by atoms with van der Waals surface area (Å²) in [6.45, 7) is 8.81. The Morgan fingerprint density at radius 3 is 2.56 bits per heavy atom. The van der Waals surface area contributed by atoms with Crippen molar-refractivity contribution < 1.29 is 14.6 Å². The largest absolute Gasteiger partial charge is 0.489 e. The summed E-state index contributed by atoms with van der Waals surface area (Å²) in [6.07, 6.45) is 0.630. The molecule has 0 aliphatic rings. The number of aryl methyl sites for hydroxylation is 1. The van der Waals surface area contributed by atoms with Crippen LogP contribution in [0.15, 0.2) is 66.0 Å². The van der Waals surface area contributed by atoms with E-state index in [0.29, 0.717) is 19.6 Å². The molecule has 1 aromatic heterocycles. The van der Waals surface area contributed by atoms with Crippen molar-refractivity contribution in [1.29, 1.82) is 0 Å². The van der Waals surface area contributed by atoms with Crippen molar-refractivity contribution >= 4 is 17.3 Å². The summed E-state index contributed by atoms with van der Waals surface area (Å²) in [7, 11) is 0. The first-order chi connectivity index (χ1) is 15.4. The second kappa shape index (κ2) is 11.8. The number of hydrogen-bond donors (Lipinski definition) is 1. The van der Waals surface area contributed by atoms with E-state index in [-0.39, 0.29) is 11.8 Å². The molecule has 0 radical (unpaired) electrons. The molecule has 0 spiro atoms. The summed E-state index contributed by atoms with van der Waals surface area (Å²) in [6, 6.07) is 20.7. The number of carboxylic acids is 1. The Morgan fingerprint density at radius 1 is 1.06 bits per heavy atom. The average Bonchev–Trinajstić information content (AvgIpc) is 3.26. The topological polar surface area (TPSA) is 49.8 Å². The summed E-state index contributed by atoms with van der Waals surface area (Å²) in [5.41, 5.74) is 3.49. The lowest BCUT2D eigenvalue weighted by molar-refractivity contribution is -0.143. The molecule has 4 nitrogen and oxygen atoms in total. The number of carboxylic acid groups (broad SMARTS) is 1. The van der Waals surface area contributed by atoms with E-state index in [2.05, 4.69) is 59.7 Å². The quantitative estimate of drug-likeness (QED) is 0.347. The Balaban J connectivity index is 1.72. The van der Waals surface area contributed by atoms with Gasteiger partial charge in [-0.1, -0.05) is 67.9 Å². The van der Waals surface area contributed by atoms with E-state index < -0.39 is 5.97 Å². The molecule has 0 amide bonds. The van der Waals surface area contributed by atoms with Gasteiger partial charge in [-0.25, -0.2) is 0 Å². The van der Waals surface area contributed by atoms with Crippen LogP contribution < -0.4 is 4.74 Å². The maximum atomic E-state index is 11.7. The van der Waals surface area contributed by atoms with Gasteiger partial charge in [0, 0.05) is 23.5 Å². The van der Waals surface area contributed by atoms with Crippen molar-refractivity contribution in [1.82, 2.24) is 4.90 Å². The van der Waals surface area contributed by atoms with Gasteiger partial charge in [-0.05, 0) is 48.9 Å². The van der Waals surface area contributed by atoms with Crippen molar-refractivity contribution in [3.8, 4) is 5.75 Å². The van der Waals surface area contributed by atoms with Crippen molar-refractivity contribution in [2.24, 2.45) is 11.8 Å². The van der Waals surface area contributed by atoms with E-state index in [1.165, 1.54) is 10.4 Å². The second-order valence-electron chi connectivity index (χ2n) is 8.65. The van der Waals surface area contributed by atoms with Crippen molar-refractivity contribution in [2.75, 3.05) is 6.54 Å². The smallest absolute Gasteiger partial charge is 0.306 e. The molecule has 0 bridgehead atoms. The molecule has 2 aromatic carbocycles. The maximum Gasteiger partial charge on any atom is 0.306 e. The molecule has 0 saturated carbocycles. The highest BCUT2D eigenvalue weighted by molar-refractivity contribution is 7.09. The van der Waals surface area contributed by atoms with Gasteiger partial charge in [-0.2, -0.15) is 0 Å². The minimum Gasteiger partial charge on any atom is -0.489 e. The van der Waals surface area contributed by atoms with Crippen LogP contribution in [0.2, 0.25) is 0 Å². The number of hydrogen-bond acceptors (Lipinski definition) is 4. The van der Waals surface area contributed by atoms with Gasteiger partial charge < -0.3 is 9.84 Å². The molecule has 170 valence electrons. The highest BCUT2D eigenvalue weighted by Crippen LogP contribution is 2.24. The van der Waals surface area contributed by atoms with Gasteiger partial charge >= 0.3 is 5.97 Å². The summed E-state index contributed by atoms with van der Waals surface area (Å²) in [5.74, 6) is -0.0588. The van der Waals surface area contributed by atoms with Crippen LogP contribution in [0.1, 0.15) is 41.8 Å². The fourth-order valence-electron chi connectivity index (χ4n) is 3.88. The van der Waals surface area contributed by atoms with Gasteiger partial charge in [0.25, 0.3) is 0 Å². The summed E-state index contributed by atoms with van der Waals surface area (Å²) in [4.78, 5) is 15.3. The Hall–Kier alpha value is -2.63. The monoisotopic (exact) mass is 451 g/mol. The molecule has 0 aliphatic carbocycles. The molecule has 32 heavy (non-hydrogen) atoms. The lowest BCUT2D eigenvalue weighted by Crippen LogP contribution is -2.29. The molecule has 5 heteroatoms. The van der Waals surface area contributed by atoms with E-state index in [1.807, 2.05) is 32.0 Å². The predicted octanol–water partition coefficient (Wildman–Crippen LogP) is 6.38. The summed E-state index contributed by atoms with van der Waals surface area (Å²) in [5, 5.41) is 11.7. The zero-order chi connectivity index (χ0) is 22.9. The minimum absolute atomic E-state index is 0.112. The van der Waals surface area contributed by atoms with Crippen molar-refractivity contribution in [2.45, 2.75) is 46.9 Å². The van der Waals surface area contributed by atoms with Crippen LogP contribution >= 0.6 is 11.3 Å². The third-order valence-electron chi connectivity index (χ3n) is 5.68. The molecule has 3 aromatic rings. The van der Waals surface area contributed by atoms with E-state index in [0.717, 1.165) is 30.0 Å². The van der Waals surface area contributed by atoms with E-state index in [9.17, 15) is 9.90 Å². The number of aliphatic carboxylic acids is 1. The number of carbonyl (C=O) groups is 1. The SMILES string of the molecule is Cc1cccc(COc2ccccc2CN(CCC(C(=O)O)C(C)C)Cc2cccs2)c1. The van der Waals surface area contributed by atoms with Crippen LogP contribution in [0, 0.1) is 18.8 Å². The van der Waals surface area contributed by atoms with Crippen LogP contribution in [0.4, 0.5) is 0 Å². The van der Waals surface area contributed by atoms with Crippen LogP contribution in [-0.2, 0) is 24.5 Å². The van der Waals surface area contributed by atoms with Crippen LogP contribution in [0.3, 0.4) is 0 Å². The van der Waals surface area contributed by atoms with E-state index in [1.54, 1.807) is 11.3 Å². The lowest BCUT2D eigenvalue weighted by atomic mass is 9.92. The molecule has 0 saturated heterocycles. The fourth-order valence-corrected chi connectivity index (χ4v) is 4.63. The molecule has 1 heterocycles. The summed E-state index contributed by atoms with van der Waals surface area (Å²) < 4.78 is 6.20. The highest BCUT2D eigenvalue weighted by atomic mass is 32.1. The Bertz CT molecular complexity index is 984. The standard InChI is InChI=1S/C27H33NO3S/c1-20(2)25(27(29)30)13-14-28(18-24-11-7-15-32-24)17-23-10-4-5-12-26(23)31-19-22-9-6-8-21(3)16-22/h4-12,15-16,20,25H,13-14,17-19H2,1-3H3,(H,29,30). The Labute approximate surface area is 195 Å². The normalized spacial score (nSPS) is 12.3. The number of thiophene rings is 1. The van der Waals surface area contributed by atoms with Crippen LogP contribution in [-0.4, -0.2) is 22.5 Å². The maximum absolute atomic E-state index is 11.7. The first-order valence-corrected chi connectivity index (χ1v) is 12.0. The number of para-hydroxylation sites is 1. The molecule has 1 atom stereocenters. The molecule has 1 N–H and O–H groups in total. The molecular formula is C27H33NO3S. The van der Waals surface area contributed by atoms with Gasteiger partial charge in [0.15, 0.2) is 0 Å². The third-order valence-corrected chi connectivity index (χ3v) is 6.54. The Morgan fingerprint density at radius 2 is 1.88 bits per heavy atom. The van der Waals surface area contributed by atoms with Crippen LogP contribution in [0.25, 0.3) is 0 Å². The zero-order valence-corrected chi connectivity index (χ0v) is 20.0. The zero-order valence-electron chi connectivity index (χ0n) is 19.2.